The number of amides is 2. The monoisotopic (exact) mass is 435 g/mol. The van der Waals surface area contributed by atoms with Crippen molar-refractivity contribution in [2.45, 2.75) is 33.7 Å². The van der Waals surface area contributed by atoms with Crippen LogP contribution in [0.2, 0.25) is 0 Å². The second kappa shape index (κ2) is 8.61. The molecule has 0 saturated carbocycles. The summed E-state index contributed by atoms with van der Waals surface area (Å²) in [6.07, 6.45) is 3.55. The first kappa shape index (κ1) is 21.8. The molecular weight excluding hydrogens is 406 g/mol. The van der Waals surface area contributed by atoms with Crippen molar-refractivity contribution in [1.29, 1.82) is 0 Å². The highest BCUT2D eigenvalue weighted by Gasteiger charge is 2.30. The van der Waals surface area contributed by atoms with Gasteiger partial charge in [-0.15, -0.1) is 0 Å². The van der Waals surface area contributed by atoms with E-state index in [1.807, 2.05) is 67.5 Å². The van der Waals surface area contributed by atoms with Crippen molar-refractivity contribution in [2.75, 3.05) is 26.2 Å². The Hall–Kier alpha value is -3.42. The predicted octanol–water partition coefficient (Wildman–Crippen LogP) is 2.66. The minimum Gasteiger partial charge on any atom is -0.350 e. The number of rotatable bonds is 4. The number of para-hydroxylation sites is 1. The van der Waals surface area contributed by atoms with Crippen molar-refractivity contribution in [3.63, 3.8) is 0 Å². The lowest BCUT2D eigenvalue weighted by molar-refractivity contribution is -0.135. The van der Waals surface area contributed by atoms with Crippen molar-refractivity contribution in [3.05, 3.63) is 58.6 Å². The standard InChI is InChI=1S/C24H29N5O3/c1-16(2)22(30)26-10-12-27(13-11-26)23(31)19-14-28(17(3)4)15-20-21(19)25-29(24(20)32)18-8-6-5-7-9-18/h5-9,14-17H,10-13H2,1-4H3. The van der Waals surface area contributed by atoms with Crippen LogP contribution >= 0.6 is 0 Å². The molecule has 0 spiro atoms. The molecule has 0 aliphatic carbocycles. The Morgan fingerprint density at radius 3 is 2.12 bits per heavy atom. The summed E-state index contributed by atoms with van der Waals surface area (Å²) < 4.78 is 3.23. The van der Waals surface area contributed by atoms with Gasteiger partial charge in [0.2, 0.25) is 5.91 Å². The minimum atomic E-state index is -0.248. The number of nitrogens with zero attached hydrogens (tertiary/aromatic N) is 5. The topological polar surface area (TPSA) is 80.4 Å². The summed E-state index contributed by atoms with van der Waals surface area (Å²) in [5.41, 5.74) is 1.64. The van der Waals surface area contributed by atoms with Crippen LogP contribution < -0.4 is 5.56 Å². The first-order valence-corrected chi connectivity index (χ1v) is 11.1. The maximum absolute atomic E-state index is 13.5. The molecule has 3 heterocycles. The lowest BCUT2D eigenvalue weighted by atomic mass is 10.1. The number of piperazine rings is 1. The van der Waals surface area contributed by atoms with Crippen LogP contribution in [0.3, 0.4) is 0 Å². The summed E-state index contributed by atoms with van der Waals surface area (Å²) in [5, 5.41) is 4.54. The summed E-state index contributed by atoms with van der Waals surface area (Å²) in [7, 11) is 0. The quantitative estimate of drug-likeness (QED) is 0.631. The van der Waals surface area contributed by atoms with Gasteiger partial charge in [0.25, 0.3) is 11.5 Å². The molecule has 32 heavy (non-hydrogen) atoms. The summed E-state index contributed by atoms with van der Waals surface area (Å²) in [4.78, 5) is 42.5. The third-order valence-corrected chi connectivity index (χ3v) is 5.89. The third kappa shape index (κ3) is 3.92. The average Bonchev–Trinajstić information content (AvgIpc) is 3.14. The molecule has 0 bridgehead atoms. The smallest absolute Gasteiger partial charge is 0.282 e. The lowest BCUT2D eigenvalue weighted by Gasteiger charge is -2.35. The van der Waals surface area contributed by atoms with Crippen LogP contribution in [-0.4, -0.2) is 62.1 Å². The zero-order valence-electron chi connectivity index (χ0n) is 19.0. The third-order valence-electron chi connectivity index (χ3n) is 5.89. The van der Waals surface area contributed by atoms with E-state index in [1.54, 1.807) is 17.3 Å². The van der Waals surface area contributed by atoms with Gasteiger partial charge in [-0.25, -0.2) is 0 Å². The molecule has 0 aromatic heterocycles. The van der Waals surface area contributed by atoms with Gasteiger partial charge in [-0.1, -0.05) is 32.0 Å². The first-order chi connectivity index (χ1) is 15.3. The molecule has 0 unspecified atom stereocenters. The van der Waals surface area contributed by atoms with Gasteiger partial charge in [0, 0.05) is 50.5 Å². The molecule has 1 fully saturated rings. The number of pyridine rings is 1. The molecule has 8 nitrogen and oxygen atoms in total. The zero-order valence-corrected chi connectivity index (χ0v) is 19.0. The number of aromatic nitrogens is 3. The Balaban J connectivity index is 1.71. The van der Waals surface area contributed by atoms with E-state index in [9.17, 15) is 14.4 Å². The molecule has 1 saturated heterocycles. The van der Waals surface area contributed by atoms with Gasteiger partial charge in [-0.05, 0) is 26.0 Å². The van der Waals surface area contributed by atoms with Gasteiger partial charge in [-0.2, -0.15) is 9.78 Å². The second-order valence-corrected chi connectivity index (χ2v) is 8.80. The zero-order chi connectivity index (χ0) is 23.0. The van der Waals surface area contributed by atoms with Gasteiger partial charge in [0.05, 0.1) is 16.8 Å². The Morgan fingerprint density at radius 2 is 1.53 bits per heavy atom. The van der Waals surface area contributed by atoms with Crippen molar-refractivity contribution < 1.29 is 9.59 Å². The Bertz CT molecular complexity index is 1150. The van der Waals surface area contributed by atoms with E-state index in [0.717, 1.165) is 0 Å². The van der Waals surface area contributed by atoms with Crippen molar-refractivity contribution in [3.8, 4) is 16.9 Å². The van der Waals surface area contributed by atoms with Crippen molar-refractivity contribution in [1.82, 2.24) is 24.1 Å². The fourth-order valence-electron chi connectivity index (χ4n) is 3.99. The largest absolute Gasteiger partial charge is 0.350 e. The molecule has 1 aromatic rings. The van der Waals surface area contributed by atoms with E-state index in [0.29, 0.717) is 48.7 Å². The van der Waals surface area contributed by atoms with E-state index in [2.05, 4.69) is 5.10 Å². The van der Waals surface area contributed by atoms with Crippen LogP contribution in [0.15, 0.2) is 47.5 Å². The van der Waals surface area contributed by atoms with Crippen LogP contribution in [0.4, 0.5) is 0 Å². The highest BCUT2D eigenvalue weighted by molar-refractivity contribution is 6.00. The predicted molar refractivity (Wildman–Crippen MR) is 122 cm³/mol. The Labute approximate surface area is 187 Å². The fraction of sp³-hybridized carbons (Fsp3) is 0.417. The van der Waals surface area contributed by atoms with E-state index >= 15 is 0 Å². The molecule has 3 aliphatic rings. The highest BCUT2D eigenvalue weighted by atomic mass is 16.2. The molecular formula is C24H29N5O3. The average molecular weight is 436 g/mol. The first-order valence-electron chi connectivity index (χ1n) is 11.1. The van der Waals surface area contributed by atoms with E-state index < -0.39 is 0 Å². The molecule has 8 heteroatoms. The van der Waals surface area contributed by atoms with E-state index in [-0.39, 0.29) is 29.3 Å². The van der Waals surface area contributed by atoms with Crippen molar-refractivity contribution >= 4 is 11.8 Å². The van der Waals surface area contributed by atoms with Gasteiger partial charge in [-0.3, -0.25) is 14.4 Å². The molecule has 0 radical (unpaired) electrons. The summed E-state index contributed by atoms with van der Waals surface area (Å²) >= 11 is 0. The molecule has 0 atom stereocenters. The van der Waals surface area contributed by atoms with Crippen LogP contribution in [0.5, 0.6) is 0 Å². The lowest BCUT2D eigenvalue weighted by Crippen LogP contribution is -2.51. The minimum absolute atomic E-state index is 0.0616. The molecule has 1 aromatic carbocycles. The summed E-state index contributed by atoms with van der Waals surface area (Å²) in [6, 6.07) is 9.28. The molecule has 3 aliphatic heterocycles. The molecule has 4 rings (SSSR count). The number of hydrogen-bond donors (Lipinski definition) is 0. The van der Waals surface area contributed by atoms with E-state index in [1.165, 1.54) is 4.68 Å². The van der Waals surface area contributed by atoms with Crippen LogP contribution in [-0.2, 0) is 4.79 Å². The number of hydrogen-bond acceptors (Lipinski definition) is 4. The Morgan fingerprint density at radius 1 is 0.906 bits per heavy atom. The van der Waals surface area contributed by atoms with Gasteiger partial charge in [0.15, 0.2) is 0 Å². The number of carbonyl (C=O) groups excluding carboxylic acids is 2. The van der Waals surface area contributed by atoms with Gasteiger partial charge < -0.3 is 14.4 Å². The van der Waals surface area contributed by atoms with Crippen LogP contribution in [0.1, 0.15) is 44.1 Å². The molecule has 168 valence electrons. The van der Waals surface area contributed by atoms with Gasteiger partial charge >= 0.3 is 0 Å². The molecule has 0 N–H and O–H groups in total. The Kier molecular flexibility index (Phi) is 5.86. The normalized spacial score (nSPS) is 14.6. The highest BCUT2D eigenvalue weighted by Crippen LogP contribution is 2.25. The number of carbonyl (C=O) groups is 2. The fourth-order valence-corrected chi connectivity index (χ4v) is 3.99. The van der Waals surface area contributed by atoms with Crippen LogP contribution in [0, 0.1) is 5.92 Å². The second-order valence-electron chi connectivity index (χ2n) is 8.80. The number of benzene rings is 1. The SMILES string of the molecule is CC(C)C(=O)N1CCN(C(=O)c2cn(C(C)C)cc3c(=O)n(-c4ccccc4)nc2-3)CC1. The van der Waals surface area contributed by atoms with Gasteiger partial charge in [0.1, 0.15) is 5.69 Å². The van der Waals surface area contributed by atoms with E-state index in [4.69, 9.17) is 0 Å². The molecule has 2 amide bonds. The maximum Gasteiger partial charge on any atom is 0.282 e. The number of fused-ring (bicyclic) bond motifs is 1. The van der Waals surface area contributed by atoms with Crippen molar-refractivity contribution in [2.24, 2.45) is 5.92 Å². The summed E-state index contributed by atoms with van der Waals surface area (Å²) in [6.45, 7) is 9.70. The summed E-state index contributed by atoms with van der Waals surface area (Å²) in [5.74, 6) is -0.123. The van der Waals surface area contributed by atoms with Crippen LogP contribution in [0.25, 0.3) is 16.9 Å². The maximum atomic E-state index is 13.5.